The number of hydrogen-bond donors (Lipinski definition) is 1. The molecular formula is C29H22Br2N2O2. The van der Waals surface area contributed by atoms with Crippen LogP contribution >= 0.6 is 31.9 Å². The smallest absolute Gasteiger partial charge is 0.266 e. The van der Waals surface area contributed by atoms with Gasteiger partial charge in [-0.2, -0.15) is 5.26 Å². The predicted molar refractivity (Wildman–Crippen MR) is 148 cm³/mol. The van der Waals surface area contributed by atoms with Crippen LogP contribution < -0.4 is 10.1 Å². The average Bonchev–Trinajstić information content (AvgIpc) is 2.84. The third-order valence-corrected chi connectivity index (χ3v) is 6.92. The number of nitrogens with zero attached hydrogens (tertiary/aromatic N) is 1. The Bertz CT molecular complexity index is 1480. The molecule has 0 bridgehead atoms. The summed E-state index contributed by atoms with van der Waals surface area (Å²) in [6, 6.07) is 25.8. The van der Waals surface area contributed by atoms with Gasteiger partial charge in [-0.3, -0.25) is 4.79 Å². The highest BCUT2D eigenvalue weighted by Crippen LogP contribution is 2.36. The molecule has 0 spiro atoms. The van der Waals surface area contributed by atoms with Crippen LogP contribution in [-0.4, -0.2) is 5.91 Å². The molecule has 0 aliphatic carbocycles. The number of nitriles is 1. The minimum Gasteiger partial charge on any atom is -0.487 e. The summed E-state index contributed by atoms with van der Waals surface area (Å²) in [6.45, 7) is 4.31. The van der Waals surface area contributed by atoms with E-state index in [0.29, 0.717) is 32.6 Å². The van der Waals surface area contributed by atoms with Crippen LogP contribution in [0.3, 0.4) is 0 Å². The van der Waals surface area contributed by atoms with Gasteiger partial charge in [-0.15, -0.1) is 0 Å². The maximum absolute atomic E-state index is 12.8. The molecule has 6 heteroatoms. The number of rotatable bonds is 6. The minimum atomic E-state index is -0.454. The molecule has 0 saturated carbocycles. The fourth-order valence-corrected chi connectivity index (χ4v) is 5.13. The van der Waals surface area contributed by atoms with Crippen molar-refractivity contribution in [3.63, 3.8) is 0 Å². The zero-order chi connectivity index (χ0) is 24.9. The molecule has 0 aliphatic heterocycles. The van der Waals surface area contributed by atoms with Crippen LogP contribution in [0.4, 0.5) is 5.69 Å². The third-order valence-electron chi connectivity index (χ3n) is 5.75. The van der Waals surface area contributed by atoms with Gasteiger partial charge in [0.2, 0.25) is 0 Å². The Morgan fingerprint density at radius 1 is 0.971 bits per heavy atom. The van der Waals surface area contributed by atoms with Crippen LogP contribution in [-0.2, 0) is 11.4 Å². The quantitative estimate of drug-likeness (QED) is 0.182. The fraction of sp³-hybridized carbons (Fsp3) is 0.103. The van der Waals surface area contributed by atoms with Crippen molar-refractivity contribution >= 4 is 60.3 Å². The number of carbonyl (C=O) groups is 1. The number of carbonyl (C=O) groups excluding carboxylic acids is 1. The minimum absolute atomic E-state index is 0.00883. The van der Waals surface area contributed by atoms with Gasteiger partial charge in [0.05, 0.1) is 8.95 Å². The van der Waals surface area contributed by atoms with Crippen molar-refractivity contribution in [2.45, 2.75) is 20.5 Å². The molecule has 4 rings (SSSR count). The van der Waals surface area contributed by atoms with Crippen LogP contribution in [0.15, 0.2) is 87.3 Å². The van der Waals surface area contributed by atoms with Crippen molar-refractivity contribution in [3.05, 3.63) is 110 Å². The number of benzene rings is 4. The number of hydrogen-bond acceptors (Lipinski definition) is 3. The van der Waals surface area contributed by atoms with Crippen molar-refractivity contribution < 1.29 is 9.53 Å². The number of halogens is 2. The fourth-order valence-electron chi connectivity index (χ4n) is 3.68. The van der Waals surface area contributed by atoms with E-state index in [1.54, 1.807) is 6.08 Å². The van der Waals surface area contributed by atoms with E-state index in [-0.39, 0.29) is 5.57 Å². The molecule has 35 heavy (non-hydrogen) atoms. The summed E-state index contributed by atoms with van der Waals surface area (Å²) in [5.74, 6) is 0.193. The van der Waals surface area contributed by atoms with Gasteiger partial charge in [-0.25, -0.2) is 0 Å². The zero-order valence-electron chi connectivity index (χ0n) is 19.2. The van der Waals surface area contributed by atoms with Gasteiger partial charge in [0.15, 0.2) is 0 Å². The Balaban J connectivity index is 1.51. The van der Waals surface area contributed by atoms with Crippen LogP contribution in [0.5, 0.6) is 5.75 Å². The van der Waals surface area contributed by atoms with Gasteiger partial charge >= 0.3 is 0 Å². The zero-order valence-corrected chi connectivity index (χ0v) is 22.4. The molecular weight excluding hydrogens is 568 g/mol. The molecule has 0 aliphatic rings. The van der Waals surface area contributed by atoms with Crippen LogP contribution in [0, 0.1) is 25.2 Å². The molecule has 0 radical (unpaired) electrons. The molecule has 1 amide bonds. The van der Waals surface area contributed by atoms with E-state index in [0.717, 1.165) is 22.1 Å². The molecule has 4 nitrogen and oxygen atoms in total. The number of amides is 1. The first-order chi connectivity index (χ1) is 16.9. The molecule has 0 unspecified atom stereocenters. The highest BCUT2D eigenvalue weighted by Gasteiger charge is 2.14. The molecule has 4 aromatic carbocycles. The van der Waals surface area contributed by atoms with Gasteiger partial charge in [-0.05, 0) is 109 Å². The molecule has 1 N–H and O–H groups in total. The van der Waals surface area contributed by atoms with Crippen LogP contribution in [0.25, 0.3) is 16.8 Å². The first-order valence-corrected chi connectivity index (χ1v) is 12.5. The van der Waals surface area contributed by atoms with Gasteiger partial charge in [0.25, 0.3) is 5.91 Å². The lowest BCUT2D eigenvalue weighted by molar-refractivity contribution is -0.112. The summed E-state index contributed by atoms with van der Waals surface area (Å²) < 4.78 is 7.51. The molecule has 0 heterocycles. The second kappa shape index (κ2) is 10.9. The summed E-state index contributed by atoms with van der Waals surface area (Å²) in [5.41, 5.74) is 4.48. The van der Waals surface area contributed by atoms with E-state index in [1.165, 1.54) is 5.39 Å². The molecule has 0 saturated heterocycles. The lowest BCUT2D eigenvalue weighted by Gasteiger charge is -2.12. The highest BCUT2D eigenvalue weighted by atomic mass is 79.9. The van der Waals surface area contributed by atoms with E-state index in [9.17, 15) is 10.1 Å². The van der Waals surface area contributed by atoms with Crippen molar-refractivity contribution in [2.24, 2.45) is 0 Å². The van der Waals surface area contributed by atoms with Gasteiger partial charge in [-0.1, -0.05) is 48.5 Å². The van der Waals surface area contributed by atoms with Crippen LogP contribution in [0.1, 0.15) is 22.3 Å². The van der Waals surface area contributed by atoms with Crippen molar-refractivity contribution in [2.75, 3.05) is 5.32 Å². The van der Waals surface area contributed by atoms with Crippen molar-refractivity contribution in [1.82, 2.24) is 0 Å². The Hall–Kier alpha value is -3.40. The number of ether oxygens (including phenoxy) is 1. The summed E-state index contributed by atoms with van der Waals surface area (Å²) in [4.78, 5) is 12.8. The van der Waals surface area contributed by atoms with E-state index in [4.69, 9.17) is 4.74 Å². The Morgan fingerprint density at radius 2 is 1.69 bits per heavy atom. The van der Waals surface area contributed by atoms with Crippen LogP contribution in [0.2, 0.25) is 0 Å². The monoisotopic (exact) mass is 588 g/mol. The van der Waals surface area contributed by atoms with E-state index < -0.39 is 5.91 Å². The lowest BCUT2D eigenvalue weighted by atomic mass is 10.1. The summed E-state index contributed by atoms with van der Waals surface area (Å²) in [5, 5.41) is 14.8. The maximum Gasteiger partial charge on any atom is 0.266 e. The first kappa shape index (κ1) is 24.7. The normalized spacial score (nSPS) is 11.2. The standard InChI is InChI=1S/C29H22Br2N2O2/c1-18-6-5-9-27(19(18)2)33-29(34)24(16-32)13-21-14-25(30)28(26(31)15-21)35-17-20-10-11-22-7-3-4-8-23(22)12-20/h3-15H,17H2,1-2H3,(H,33,34)/b24-13+. The molecule has 0 fully saturated rings. The topological polar surface area (TPSA) is 62.1 Å². The predicted octanol–water partition coefficient (Wildman–Crippen LogP) is 8.11. The van der Waals surface area contributed by atoms with E-state index in [1.807, 2.05) is 62.4 Å². The molecule has 174 valence electrons. The van der Waals surface area contributed by atoms with Gasteiger partial charge < -0.3 is 10.1 Å². The van der Waals surface area contributed by atoms with Gasteiger partial charge in [0.1, 0.15) is 24.0 Å². The highest BCUT2D eigenvalue weighted by molar-refractivity contribution is 9.11. The Morgan fingerprint density at radius 3 is 2.40 bits per heavy atom. The molecule has 0 atom stereocenters. The Kier molecular flexibility index (Phi) is 7.70. The molecule has 0 aromatic heterocycles. The first-order valence-electron chi connectivity index (χ1n) is 10.9. The van der Waals surface area contributed by atoms with Crippen molar-refractivity contribution in [3.8, 4) is 11.8 Å². The second-order valence-electron chi connectivity index (χ2n) is 8.16. The van der Waals surface area contributed by atoms with Crippen molar-refractivity contribution in [1.29, 1.82) is 5.26 Å². The summed E-state index contributed by atoms with van der Waals surface area (Å²) in [6.07, 6.45) is 1.56. The van der Waals surface area contributed by atoms with E-state index >= 15 is 0 Å². The Labute approximate surface area is 221 Å². The largest absolute Gasteiger partial charge is 0.487 e. The summed E-state index contributed by atoms with van der Waals surface area (Å²) >= 11 is 7.13. The number of aryl methyl sites for hydroxylation is 1. The third kappa shape index (κ3) is 5.82. The van der Waals surface area contributed by atoms with E-state index in [2.05, 4.69) is 67.5 Å². The summed E-state index contributed by atoms with van der Waals surface area (Å²) in [7, 11) is 0. The average molecular weight is 590 g/mol. The maximum atomic E-state index is 12.8. The second-order valence-corrected chi connectivity index (χ2v) is 9.86. The lowest BCUT2D eigenvalue weighted by Crippen LogP contribution is -2.14. The number of anilines is 1. The molecule has 4 aromatic rings. The number of nitrogens with one attached hydrogen (secondary N) is 1. The van der Waals surface area contributed by atoms with Gasteiger partial charge in [0, 0.05) is 5.69 Å². The SMILES string of the molecule is Cc1cccc(NC(=O)/C(C#N)=C/c2cc(Br)c(OCc3ccc4ccccc4c3)c(Br)c2)c1C. The number of fused-ring (bicyclic) bond motifs is 1.